The van der Waals surface area contributed by atoms with Crippen molar-refractivity contribution in [1.82, 2.24) is 0 Å². The fraction of sp³-hybridized carbons (Fsp3) is 0.214. The molecule has 0 atom stereocenters. The average molecular weight is 309 g/mol. The number of amides is 1. The number of carbonyl (C=O) groups is 1. The van der Waals surface area contributed by atoms with Gasteiger partial charge in [-0.25, -0.2) is 8.42 Å². The van der Waals surface area contributed by atoms with Gasteiger partial charge in [0.15, 0.2) is 15.6 Å². The number of carbonyl (C=O) groups excluding carboxylic acids is 1. The van der Waals surface area contributed by atoms with Gasteiger partial charge in [-0.15, -0.1) is 0 Å². The molecule has 0 fully saturated rings. The molecule has 0 aliphatic heterocycles. The van der Waals surface area contributed by atoms with Crippen LogP contribution in [0.3, 0.4) is 0 Å². The first-order chi connectivity index (χ1) is 9.85. The normalized spacial score (nSPS) is 11.3. The van der Waals surface area contributed by atoms with Crippen molar-refractivity contribution in [3.63, 3.8) is 0 Å². The number of hydrogen-bond acceptors (Lipinski definition) is 5. The third-order valence-corrected chi connectivity index (χ3v) is 4.76. The molecule has 112 valence electrons. The minimum atomic E-state index is -3.42. The molecule has 0 bridgehead atoms. The lowest BCUT2D eigenvalue weighted by atomic mass is 10.2. The van der Waals surface area contributed by atoms with Crippen LogP contribution in [0.15, 0.2) is 39.8 Å². The van der Waals surface area contributed by atoms with Gasteiger partial charge in [-0.05, 0) is 31.2 Å². The van der Waals surface area contributed by atoms with Gasteiger partial charge in [0, 0.05) is 5.56 Å². The van der Waals surface area contributed by atoms with E-state index < -0.39 is 15.7 Å². The molecule has 1 aromatic heterocycles. The van der Waals surface area contributed by atoms with Crippen LogP contribution in [0.4, 0.5) is 5.69 Å². The Morgan fingerprint density at radius 3 is 2.62 bits per heavy atom. The van der Waals surface area contributed by atoms with Gasteiger partial charge in [0.05, 0.1) is 22.6 Å². The zero-order valence-electron chi connectivity index (χ0n) is 11.6. The number of hydrogen-bond donors (Lipinski definition) is 2. The van der Waals surface area contributed by atoms with E-state index in [0.717, 1.165) is 0 Å². The largest absolute Gasteiger partial charge is 0.506 e. The zero-order chi connectivity index (χ0) is 15.6. The molecule has 21 heavy (non-hydrogen) atoms. The Labute approximate surface area is 122 Å². The Kier molecular flexibility index (Phi) is 4.04. The van der Waals surface area contributed by atoms with Crippen LogP contribution < -0.4 is 5.32 Å². The van der Waals surface area contributed by atoms with E-state index in [1.54, 1.807) is 13.0 Å². The van der Waals surface area contributed by atoms with E-state index in [2.05, 4.69) is 5.32 Å². The summed E-state index contributed by atoms with van der Waals surface area (Å²) in [7, 11) is -3.42. The summed E-state index contributed by atoms with van der Waals surface area (Å²) in [5.74, 6) is -0.734. The molecule has 0 saturated heterocycles. The maximum absolute atomic E-state index is 12.0. The highest BCUT2D eigenvalue weighted by Gasteiger charge is 2.18. The Hall–Kier alpha value is -2.28. The van der Waals surface area contributed by atoms with E-state index >= 15 is 0 Å². The number of phenolic OH excluding ortho intramolecular Hbond substituents is 1. The Morgan fingerprint density at radius 2 is 2.05 bits per heavy atom. The molecule has 0 saturated carbocycles. The van der Waals surface area contributed by atoms with Gasteiger partial charge in [0.2, 0.25) is 0 Å². The van der Waals surface area contributed by atoms with E-state index in [9.17, 15) is 18.3 Å². The molecule has 2 aromatic rings. The minimum Gasteiger partial charge on any atom is -0.506 e. The van der Waals surface area contributed by atoms with E-state index in [-0.39, 0.29) is 27.8 Å². The lowest BCUT2D eigenvalue weighted by molar-refractivity contribution is 0.0995. The molecule has 0 radical (unpaired) electrons. The molecule has 6 nitrogen and oxygen atoms in total. The molecule has 2 rings (SSSR count). The standard InChI is InChI=1S/C14H15NO5S/c1-3-21(18,19)10-4-5-12(16)11(8-10)15-14(17)13-9(2)6-7-20-13/h4-8,16H,3H2,1-2H3,(H,15,17). The van der Waals surface area contributed by atoms with Crippen LogP contribution in [0.5, 0.6) is 5.75 Å². The molecule has 7 heteroatoms. The number of aryl methyl sites for hydroxylation is 1. The van der Waals surface area contributed by atoms with Crippen LogP contribution in [0, 0.1) is 6.92 Å². The Morgan fingerprint density at radius 1 is 1.33 bits per heavy atom. The highest BCUT2D eigenvalue weighted by molar-refractivity contribution is 7.91. The van der Waals surface area contributed by atoms with Crippen LogP contribution in [0.25, 0.3) is 0 Å². The van der Waals surface area contributed by atoms with Crippen molar-refractivity contribution < 1.29 is 22.7 Å². The predicted molar refractivity (Wildman–Crippen MR) is 77.2 cm³/mol. The van der Waals surface area contributed by atoms with Crippen LogP contribution in [-0.2, 0) is 9.84 Å². The smallest absolute Gasteiger partial charge is 0.291 e. The summed E-state index contributed by atoms with van der Waals surface area (Å²) in [5.41, 5.74) is 0.662. The van der Waals surface area contributed by atoms with E-state index in [1.165, 1.54) is 31.4 Å². The van der Waals surface area contributed by atoms with Crippen molar-refractivity contribution in [2.75, 3.05) is 11.1 Å². The first-order valence-corrected chi connectivity index (χ1v) is 7.91. The number of phenols is 1. The fourth-order valence-electron chi connectivity index (χ4n) is 1.76. The summed E-state index contributed by atoms with van der Waals surface area (Å²) in [6.07, 6.45) is 1.38. The van der Waals surface area contributed by atoms with Gasteiger partial charge in [0.1, 0.15) is 5.75 Å². The Balaban J connectivity index is 2.34. The number of aromatic hydroxyl groups is 1. The molecular weight excluding hydrogens is 294 g/mol. The van der Waals surface area contributed by atoms with Gasteiger partial charge >= 0.3 is 0 Å². The van der Waals surface area contributed by atoms with Gasteiger partial charge in [-0.2, -0.15) is 0 Å². The van der Waals surface area contributed by atoms with Crippen molar-refractivity contribution in [3.8, 4) is 5.75 Å². The molecule has 2 N–H and O–H groups in total. The quantitative estimate of drug-likeness (QED) is 0.845. The van der Waals surface area contributed by atoms with Gasteiger partial charge in [-0.1, -0.05) is 6.92 Å². The van der Waals surface area contributed by atoms with Crippen molar-refractivity contribution >= 4 is 21.4 Å². The third-order valence-electron chi connectivity index (χ3n) is 3.02. The number of furan rings is 1. The zero-order valence-corrected chi connectivity index (χ0v) is 12.4. The molecular formula is C14H15NO5S. The molecule has 0 aliphatic rings. The molecule has 0 unspecified atom stereocenters. The predicted octanol–water partition coefficient (Wildman–Crippen LogP) is 2.34. The van der Waals surface area contributed by atoms with E-state index in [1.807, 2.05) is 0 Å². The Bertz CT molecular complexity index is 776. The molecule has 0 aliphatic carbocycles. The summed E-state index contributed by atoms with van der Waals surface area (Å²) in [5, 5.41) is 12.2. The number of sulfone groups is 1. The van der Waals surface area contributed by atoms with Crippen LogP contribution in [-0.4, -0.2) is 25.2 Å². The number of anilines is 1. The average Bonchev–Trinajstić information content (AvgIpc) is 2.87. The van der Waals surface area contributed by atoms with Crippen molar-refractivity contribution in [2.45, 2.75) is 18.7 Å². The molecule has 1 heterocycles. The fourth-order valence-corrected chi connectivity index (χ4v) is 2.67. The number of benzene rings is 1. The van der Waals surface area contributed by atoms with E-state index in [4.69, 9.17) is 4.42 Å². The summed E-state index contributed by atoms with van der Waals surface area (Å²) in [6, 6.07) is 5.38. The maximum Gasteiger partial charge on any atom is 0.291 e. The summed E-state index contributed by atoms with van der Waals surface area (Å²) >= 11 is 0. The van der Waals surface area contributed by atoms with Gasteiger partial charge < -0.3 is 14.8 Å². The second kappa shape index (κ2) is 5.61. The number of rotatable bonds is 4. The van der Waals surface area contributed by atoms with Crippen LogP contribution in [0.1, 0.15) is 23.0 Å². The topological polar surface area (TPSA) is 96.6 Å². The lowest BCUT2D eigenvalue weighted by Crippen LogP contribution is -2.13. The summed E-state index contributed by atoms with van der Waals surface area (Å²) in [6.45, 7) is 3.23. The second-order valence-corrected chi connectivity index (χ2v) is 6.75. The number of nitrogens with one attached hydrogen (secondary N) is 1. The van der Waals surface area contributed by atoms with Crippen molar-refractivity contribution in [1.29, 1.82) is 0 Å². The van der Waals surface area contributed by atoms with Crippen molar-refractivity contribution in [2.24, 2.45) is 0 Å². The SMILES string of the molecule is CCS(=O)(=O)c1ccc(O)c(NC(=O)c2occc2C)c1. The monoisotopic (exact) mass is 309 g/mol. The highest BCUT2D eigenvalue weighted by Crippen LogP contribution is 2.27. The van der Waals surface area contributed by atoms with Crippen LogP contribution in [0.2, 0.25) is 0 Å². The molecule has 1 amide bonds. The summed E-state index contributed by atoms with van der Waals surface area (Å²) in [4.78, 5) is 12.0. The second-order valence-electron chi connectivity index (χ2n) is 4.47. The highest BCUT2D eigenvalue weighted by atomic mass is 32.2. The first-order valence-electron chi connectivity index (χ1n) is 6.26. The van der Waals surface area contributed by atoms with Crippen LogP contribution >= 0.6 is 0 Å². The molecule has 1 aromatic carbocycles. The van der Waals surface area contributed by atoms with Gasteiger partial charge in [-0.3, -0.25) is 4.79 Å². The van der Waals surface area contributed by atoms with E-state index in [0.29, 0.717) is 5.56 Å². The van der Waals surface area contributed by atoms with Gasteiger partial charge in [0.25, 0.3) is 5.91 Å². The third kappa shape index (κ3) is 3.08. The first kappa shape index (κ1) is 15.1. The van der Waals surface area contributed by atoms with Crippen molar-refractivity contribution in [3.05, 3.63) is 41.9 Å². The summed E-state index contributed by atoms with van der Waals surface area (Å²) < 4.78 is 28.7. The maximum atomic E-state index is 12.0. The lowest BCUT2D eigenvalue weighted by Gasteiger charge is -2.09. The minimum absolute atomic E-state index is 0.0188. The molecule has 0 spiro atoms.